The lowest BCUT2D eigenvalue weighted by Crippen LogP contribution is -2.27. The highest BCUT2D eigenvalue weighted by molar-refractivity contribution is 5.49. The Hall–Kier alpha value is -1.43. The van der Waals surface area contributed by atoms with E-state index in [1.807, 2.05) is 6.92 Å². The molecule has 0 unspecified atom stereocenters. The lowest BCUT2D eigenvalue weighted by atomic mass is 9.90. The van der Waals surface area contributed by atoms with Gasteiger partial charge in [0.15, 0.2) is 0 Å². The van der Waals surface area contributed by atoms with E-state index in [9.17, 15) is 13.2 Å². The van der Waals surface area contributed by atoms with Crippen LogP contribution in [0.15, 0.2) is 12.1 Å². The van der Waals surface area contributed by atoms with Crippen molar-refractivity contribution in [2.24, 2.45) is 0 Å². The van der Waals surface area contributed by atoms with Crippen molar-refractivity contribution in [2.75, 3.05) is 20.8 Å². The number of alkyl halides is 3. The number of halogens is 3. The first-order chi connectivity index (χ1) is 9.88. The molecule has 1 aromatic rings. The third-order valence-corrected chi connectivity index (χ3v) is 4.05. The standard InChI is InChI=1S/C15H20F3NO2/c1-9(12-5-4-6-19-12)10-7-14(21-3)11(15(16,17)18)8-13(10)20-2/h7-9,12,19H,4-6H2,1-3H3/t9-,12+/m0/s1. The predicted molar refractivity (Wildman–Crippen MR) is 74.0 cm³/mol. The molecule has 1 heterocycles. The van der Waals surface area contributed by atoms with Crippen LogP contribution in [0.4, 0.5) is 13.2 Å². The summed E-state index contributed by atoms with van der Waals surface area (Å²) in [5.74, 6) is 0.145. The Morgan fingerprint density at radius 1 is 1.19 bits per heavy atom. The Kier molecular flexibility index (Phi) is 4.66. The largest absolute Gasteiger partial charge is 0.496 e. The minimum absolute atomic E-state index is 0.0543. The van der Waals surface area contributed by atoms with Gasteiger partial charge < -0.3 is 14.8 Å². The number of nitrogens with one attached hydrogen (secondary N) is 1. The van der Waals surface area contributed by atoms with Crippen molar-refractivity contribution in [3.05, 3.63) is 23.3 Å². The minimum atomic E-state index is -4.47. The van der Waals surface area contributed by atoms with Gasteiger partial charge >= 0.3 is 6.18 Å². The highest BCUT2D eigenvalue weighted by Crippen LogP contribution is 2.43. The zero-order chi connectivity index (χ0) is 15.6. The summed E-state index contributed by atoms with van der Waals surface area (Å²) in [7, 11) is 2.64. The van der Waals surface area contributed by atoms with E-state index in [2.05, 4.69) is 5.32 Å². The SMILES string of the molecule is COc1cc(C(F)(F)F)c(OC)cc1[C@H](C)[C@H]1CCCN1. The molecule has 2 rings (SSSR count). The van der Waals surface area contributed by atoms with Crippen molar-refractivity contribution in [2.45, 2.75) is 37.9 Å². The topological polar surface area (TPSA) is 30.5 Å². The minimum Gasteiger partial charge on any atom is -0.496 e. The lowest BCUT2D eigenvalue weighted by molar-refractivity contribution is -0.138. The third kappa shape index (κ3) is 3.26. The van der Waals surface area contributed by atoms with E-state index in [1.165, 1.54) is 20.3 Å². The summed E-state index contributed by atoms with van der Waals surface area (Å²) in [6, 6.07) is 2.73. The van der Waals surface area contributed by atoms with Gasteiger partial charge in [0.25, 0.3) is 0 Å². The maximum atomic E-state index is 13.0. The second-order valence-electron chi connectivity index (χ2n) is 5.28. The molecule has 1 fully saturated rings. The number of hydrogen-bond donors (Lipinski definition) is 1. The quantitative estimate of drug-likeness (QED) is 0.922. The first-order valence-electron chi connectivity index (χ1n) is 6.95. The summed E-state index contributed by atoms with van der Waals surface area (Å²) >= 11 is 0. The van der Waals surface area contributed by atoms with Gasteiger partial charge in [-0.3, -0.25) is 0 Å². The molecule has 6 heteroatoms. The van der Waals surface area contributed by atoms with Crippen molar-refractivity contribution in [1.29, 1.82) is 0 Å². The molecule has 1 aromatic carbocycles. The average molecular weight is 303 g/mol. The third-order valence-electron chi connectivity index (χ3n) is 4.05. The number of methoxy groups -OCH3 is 2. The molecular formula is C15H20F3NO2. The van der Waals surface area contributed by atoms with Crippen LogP contribution in [0.5, 0.6) is 11.5 Å². The summed E-state index contributed by atoms with van der Waals surface area (Å²) in [6.45, 7) is 2.93. The first-order valence-corrected chi connectivity index (χ1v) is 6.95. The lowest BCUT2D eigenvalue weighted by Gasteiger charge is -2.24. The summed E-state index contributed by atoms with van der Waals surface area (Å²) in [4.78, 5) is 0. The predicted octanol–water partition coefficient (Wildman–Crippen LogP) is 3.58. The van der Waals surface area contributed by atoms with Crippen molar-refractivity contribution in [3.63, 3.8) is 0 Å². The van der Waals surface area contributed by atoms with Crippen LogP contribution in [0.25, 0.3) is 0 Å². The molecule has 1 aliphatic rings. The molecule has 0 aliphatic carbocycles. The van der Waals surface area contributed by atoms with E-state index < -0.39 is 11.7 Å². The van der Waals surface area contributed by atoms with Crippen molar-refractivity contribution >= 4 is 0 Å². The molecule has 1 saturated heterocycles. The van der Waals surface area contributed by atoms with Crippen molar-refractivity contribution < 1.29 is 22.6 Å². The molecule has 0 amide bonds. The zero-order valence-electron chi connectivity index (χ0n) is 12.4. The van der Waals surface area contributed by atoms with Crippen LogP contribution < -0.4 is 14.8 Å². The second-order valence-corrected chi connectivity index (χ2v) is 5.28. The Morgan fingerprint density at radius 3 is 2.33 bits per heavy atom. The number of hydrogen-bond acceptors (Lipinski definition) is 3. The number of benzene rings is 1. The van der Waals surface area contributed by atoms with Gasteiger partial charge in [0, 0.05) is 17.5 Å². The van der Waals surface area contributed by atoms with Crippen LogP contribution in [0.3, 0.4) is 0 Å². The number of rotatable bonds is 4. The molecule has 1 aliphatic heterocycles. The molecule has 0 saturated carbocycles. The molecule has 0 bridgehead atoms. The van der Waals surface area contributed by atoms with E-state index >= 15 is 0 Å². The van der Waals surface area contributed by atoms with Crippen molar-refractivity contribution in [3.8, 4) is 11.5 Å². The molecule has 2 atom stereocenters. The Labute approximate surface area is 122 Å². The van der Waals surface area contributed by atoms with Gasteiger partial charge in [-0.25, -0.2) is 0 Å². The summed E-state index contributed by atoms with van der Waals surface area (Å²) < 4.78 is 49.2. The second kappa shape index (κ2) is 6.13. The van der Waals surface area contributed by atoms with E-state index in [4.69, 9.17) is 9.47 Å². The van der Waals surface area contributed by atoms with Gasteiger partial charge in [-0.15, -0.1) is 0 Å². The Balaban J connectivity index is 2.45. The summed E-state index contributed by atoms with van der Waals surface area (Å²) in [5, 5.41) is 3.37. The highest BCUT2D eigenvalue weighted by Gasteiger charge is 2.36. The normalized spacial score (nSPS) is 20.4. The molecule has 3 nitrogen and oxygen atoms in total. The van der Waals surface area contributed by atoms with Crippen molar-refractivity contribution in [1.82, 2.24) is 5.32 Å². The van der Waals surface area contributed by atoms with E-state index in [1.54, 1.807) is 0 Å². The van der Waals surface area contributed by atoms with Gasteiger partial charge in [-0.2, -0.15) is 13.2 Å². The molecule has 0 spiro atoms. The van der Waals surface area contributed by atoms with E-state index in [0.29, 0.717) is 0 Å². The maximum Gasteiger partial charge on any atom is 0.420 e. The van der Waals surface area contributed by atoms with Gasteiger partial charge in [0.1, 0.15) is 17.1 Å². The van der Waals surface area contributed by atoms with E-state index in [0.717, 1.165) is 31.0 Å². The monoisotopic (exact) mass is 303 g/mol. The molecule has 1 N–H and O–H groups in total. The maximum absolute atomic E-state index is 13.0. The van der Waals surface area contributed by atoms with Crippen LogP contribution in [0.1, 0.15) is 36.8 Å². The van der Waals surface area contributed by atoms with Crippen LogP contribution >= 0.6 is 0 Å². The van der Waals surface area contributed by atoms with Gasteiger partial charge in [0.05, 0.1) is 14.2 Å². The van der Waals surface area contributed by atoms with E-state index in [-0.39, 0.29) is 23.5 Å². The average Bonchev–Trinajstić information content (AvgIpc) is 2.98. The van der Waals surface area contributed by atoms with Crippen LogP contribution in [0.2, 0.25) is 0 Å². The highest BCUT2D eigenvalue weighted by atomic mass is 19.4. The molecular weight excluding hydrogens is 283 g/mol. The zero-order valence-corrected chi connectivity index (χ0v) is 12.4. The summed E-state index contributed by atoms with van der Waals surface area (Å²) in [6.07, 6.45) is -2.38. The fourth-order valence-electron chi connectivity index (χ4n) is 2.85. The van der Waals surface area contributed by atoms with Crippen LogP contribution in [-0.2, 0) is 6.18 Å². The fraction of sp³-hybridized carbons (Fsp3) is 0.600. The first kappa shape index (κ1) is 15.9. The summed E-state index contributed by atoms with van der Waals surface area (Å²) in [5.41, 5.74) is -0.0704. The molecule has 0 radical (unpaired) electrons. The Bertz CT molecular complexity index is 496. The van der Waals surface area contributed by atoms with Crippen LogP contribution in [0, 0.1) is 0 Å². The van der Waals surface area contributed by atoms with Gasteiger partial charge in [-0.05, 0) is 31.5 Å². The smallest absolute Gasteiger partial charge is 0.420 e. The Morgan fingerprint density at radius 2 is 1.86 bits per heavy atom. The fourth-order valence-corrected chi connectivity index (χ4v) is 2.85. The van der Waals surface area contributed by atoms with Crippen LogP contribution in [-0.4, -0.2) is 26.8 Å². The molecule has 0 aromatic heterocycles. The molecule has 21 heavy (non-hydrogen) atoms. The van der Waals surface area contributed by atoms with Gasteiger partial charge in [-0.1, -0.05) is 6.92 Å². The van der Waals surface area contributed by atoms with Gasteiger partial charge in [0.2, 0.25) is 0 Å². The molecule has 118 valence electrons. The number of ether oxygens (including phenoxy) is 2.